The third kappa shape index (κ3) is 3.36. The van der Waals surface area contributed by atoms with Crippen molar-refractivity contribution in [2.45, 2.75) is 31.9 Å². The zero-order chi connectivity index (χ0) is 12.3. The Morgan fingerprint density at radius 2 is 1.81 bits per heavy atom. The van der Waals surface area contributed by atoms with Crippen LogP contribution in [0.1, 0.15) is 19.8 Å². The van der Waals surface area contributed by atoms with Crippen LogP contribution in [0.15, 0.2) is 0 Å². The third-order valence-electron chi connectivity index (χ3n) is 3.98. The van der Waals surface area contributed by atoms with E-state index in [9.17, 15) is 0 Å². The van der Waals surface area contributed by atoms with Gasteiger partial charge in [-0.2, -0.15) is 0 Å². The first kappa shape index (κ1) is 14.8. The van der Waals surface area contributed by atoms with Crippen molar-refractivity contribution >= 4 is 77.9 Å². The Kier molecular flexibility index (Phi) is 6.09. The van der Waals surface area contributed by atoms with Crippen molar-refractivity contribution in [3.63, 3.8) is 0 Å². The molecule has 0 aliphatic carbocycles. The number of hydrogen-bond acceptors (Lipinski definition) is 0. The molecule has 0 amide bonds. The number of hydrogen-bond donors (Lipinski definition) is 0. The lowest BCUT2D eigenvalue weighted by molar-refractivity contribution is 0.820. The minimum absolute atomic E-state index is 0.0856. The molecule has 1 aliphatic heterocycles. The van der Waals surface area contributed by atoms with Crippen LogP contribution in [-0.2, 0) is 0 Å². The molecular formula is C5H10B11. The summed E-state index contributed by atoms with van der Waals surface area (Å²) in [6.07, 6.45) is 2.68. The third-order valence-corrected chi connectivity index (χ3v) is 3.98. The molecule has 1 aliphatic rings. The second-order valence-electron chi connectivity index (χ2n) is 5.07. The zero-order valence-electron chi connectivity index (χ0n) is 10.0. The smallest absolute Gasteiger partial charge is 0.0815 e. The van der Waals surface area contributed by atoms with E-state index in [4.69, 9.17) is 38.7 Å². The maximum absolute atomic E-state index is 5.88. The molecule has 1 fully saturated rings. The van der Waals surface area contributed by atoms with E-state index in [1.807, 2.05) is 0 Å². The minimum atomic E-state index is -0.489. The van der Waals surface area contributed by atoms with Gasteiger partial charge in [0.15, 0.2) is 0 Å². The summed E-state index contributed by atoms with van der Waals surface area (Å²) in [4.78, 5) is 0. The van der Waals surface area contributed by atoms with Gasteiger partial charge in [0.1, 0.15) is 0 Å². The van der Waals surface area contributed by atoms with E-state index in [0.717, 1.165) is 6.32 Å². The lowest BCUT2D eigenvalue weighted by Gasteiger charge is -2.33. The average molecular weight is 189 g/mol. The van der Waals surface area contributed by atoms with Crippen LogP contribution in [0.4, 0.5) is 0 Å². The quantitative estimate of drug-likeness (QED) is 0.435. The van der Waals surface area contributed by atoms with Gasteiger partial charge in [-0.05, 0) is 0 Å². The van der Waals surface area contributed by atoms with Crippen molar-refractivity contribution in [2.75, 3.05) is 0 Å². The molecule has 0 saturated carbocycles. The highest BCUT2D eigenvalue weighted by Gasteiger charge is 2.41. The van der Waals surface area contributed by atoms with Crippen LogP contribution in [0, 0.1) is 0 Å². The standard InChI is InChI=1S/C5H10B11/c1-5-3-2-4-12(5)16(14(9)10)15(11-6)13(7)8/h5H,2-4H2,1H3. The predicted molar refractivity (Wildman–Crippen MR) is 86.8 cm³/mol. The van der Waals surface area contributed by atoms with E-state index in [2.05, 4.69) is 6.92 Å². The molecule has 0 bridgehead atoms. The SMILES string of the molecule is [B][B]B(B([B])[B])B(B([B])[B])B1CCCC1C. The first-order valence-electron chi connectivity index (χ1n) is 6.06. The largest absolute Gasteiger partial charge is 0.0938 e. The Balaban J connectivity index is 2.80. The van der Waals surface area contributed by atoms with Gasteiger partial charge in [0.05, 0.1) is 6.60 Å². The van der Waals surface area contributed by atoms with E-state index in [-0.39, 0.29) is 12.8 Å². The first-order chi connectivity index (χ1) is 7.49. The van der Waals surface area contributed by atoms with Gasteiger partial charge in [0.25, 0.3) is 0 Å². The van der Waals surface area contributed by atoms with Crippen LogP contribution in [0.25, 0.3) is 0 Å². The minimum Gasteiger partial charge on any atom is -0.0815 e. The molecule has 1 atom stereocenters. The molecule has 1 heterocycles. The van der Waals surface area contributed by atoms with Crippen LogP contribution < -0.4 is 0 Å². The molecule has 1 rings (SSSR count). The van der Waals surface area contributed by atoms with Crippen LogP contribution in [0.2, 0.25) is 12.1 Å². The van der Waals surface area contributed by atoms with E-state index in [1.54, 1.807) is 7.06 Å². The summed E-state index contributed by atoms with van der Waals surface area (Å²) in [5, 5.41) is 0. The van der Waals surface area contributed by atoms with Crippen molar-refractivity contribution in [3.8, 4) is 0 Å². The maximum atomic E-state index is 5.88. The Morgan fingerprint density at radius 1 is 1.19 bits per heavy atom. The summed E-state index contributed by atoms with van der Waals surface area (Å²) < 4.78 is 0. The monoisotopic (exact) mass is 191 g/mol. The zero-order valence-corrected chi connectivity index (χ0v) is 10.0. The predicted octanol–water partition coefficient (Wildman–Crippen LogP) is -2.10. The van der Waals surface area contributed by atoms with Gasteiger partial charge in [-0.3, -0.25) is 0 Å². The second-order valence-corrected chi connectivity index (χ2v) is 5.07. The second kappa shape index (κ2) is 6.59. The normalized spacial score (nSPS) is 19.3. The summed E-state index contributed by atoms with van der Waals surface area (Å²) in [7, 11) is 30.5. The van der Waals surface area contributed by atoms with Crippen molar-refractivity contribution in [1.82, 2.24) is 0 Å². The first-order valence-corrected chi connectivity index (χ1v) is 6.06. The Hall–Kier alpha value is 0.714. The Morgan fingerprint density at radius 3 is 2.12 bits per heavy atom. The summed E-state index contributed by atoms with van der Waals surface area (Å²) in [5.74, 6) is 0.626. The molecule has 0 spiro atoms. The molecule has 1 unspecified atom stereocenters. The molecule has 1 saturated heterocycles. The van der Waals surface area contributed by atoms with Gasteiger partial charge >= 0.3 is 0 Å². The van der Waals surface area contributed by atoms with Crippen molar-refractivity contribution in [3.05, 3.63) is 0 Å². The summed E-state index contributed by atoms with van der Waals surface area (Å²) in [6.45, 7) is 2.72. The number of rotatable bonds is 5. The van der Waals surface area contributed by atoms with Crippen LogP contribution >= 0.6 is 0 Å². The highest BCUT2D eigenvalue weighted by Crippen LogP contribution is 2.31. The summed E-state index contributed by atoms with van der Waals surface area (Å²) >= 11 is 0. The van der Waals surface area contributed by atoms with E-state index in [1.165, 1.54) is 12.8 Å². The van der Waals surface area contributed by atoms with E-state index in [0.29, 0.717) is 12.4 Å². The molecular weight excluding hydrogens is 179 g/mol. The summed E-state index contributed by atoms with van der Waals surface area (Å²) in [5.41, 5.74) is 0. The van der Waals surface area contributed by atoms with Crippen molar-refractivity contribution in [1.29, 1.82) is 0 Å². The fourth-order valence-corrected chi connectivity index (χ4v) is 3.09. The van der Waals surface area contributed by atoms with Crippen LogP contribution in [0.3, 0.4) is 0 Å². The fourth-order valence-electron chi connectivity index (χ4n) is 3.09. The van der Waals surface area contributed by atoms with Crippen molar-refractivity contribution in [2.24, 2.45) is 0 Å². The summed E-state index contributed by atoms with van der Waals surface area (Å²) in [6, 6.07) is 0. The Labute approximate surface area is 110 Å². The lowest BCUT2D eigenvalue weighted by atomic mass is 8.53. The van der Waals surface area contributed by atoms with Gasteiger partial charge in [0.2, 0.25) is 0 Å². The molecule has 0 aromatic carbocycles. The highest BCUT2D eigenvalue weighted by atomic mass is 14.0. The molecule has 11 heteroatoms. The molecule has 16 heavy (non-hydrogen) atoms. The van der Waals surface area contributed by atoms with Crippen molar-refractivity contribution < 1.29 is 0 Å². The molecule has 11 radical (unpaired) electrons. The molecule has 0 nitrogen and oxygen atoms in total. The highest BCUT2D eigenvalue weighted by molar-refractivity contribution is 8.03. The van der Waals surface area contributed by atoms with E-state index < -0.39 is 12.8 Å². The van der Waals surface area contributed by atoms with Gasteiger partial charge in [0, 0.05) is 71.3 Å². The maximum Gasteiger partial charge on any atom is 0.0938 e. The molecule has 0 aromatic rings. The lowest BCUT2D eigenvalue weighted by Crippen LogP contribution is -2.68. The fraction of sp³-hybridized carbons (Fsp3) is 1.00. The Bertz CT molecular complexity index is 205. The molecule has 63 valence electrons. The van der Waals surface area contributed by atoms with Crippen LogP contribution in [0.5, 0.6) is 0 Å². The molecule has 0 aromatic heterocycles. The van der Waals surface area contributed by atoms with Gasteiger partial charge < -0.3 is 0 Å². The molecule has 0 N–H and O–H groups in total. The van der Waals surface area contributed by atoms with Gasteiger partial charge in [-0.1, -0.05) is 31.9 Å². The van der Waals surface area contributed by atoms with Crippen LogP contribution in [-0.4, -0.2) is 77.9 Å². The van der Waals surface area contributed by atoms with Gasteiger partial charge in [-0.15, -0.1) is 0 Å². The van der Waals surface area contributed by atoms with E-state index >= 15 is 0 Å². The topological polar surface area (TPSA) is 0 Å². The van der Waals surface area contributed by atoms with Gasteiger partial charge in [-0.25, -0.2) is 0 Å². The average Bonchev–Trinajstić information content (AvgIpc) is 2.59.